The Morgan fingerprint density at radius 1 is 1.11 bits per heavy atom. The summed E-state index contributed by atoms with van der Waals surface area (Å²) in [4.78, 5) is 12.5. The molecule has 4 nitrogen and oxygen atoms in total. The van der Waals surface area contributed by atoms with Crippen LogP contribution in [0.3, 0.4) is 0 Å². The molecule has 1 N–H and O–H groups in total. The van der Waals surface area contributed by atoms with Crippen molar-refractivity contribution in [1.82, 2.24) is 5.32 Å². The second-order valence-corrected chi connectivity index (χ2v) is 7.20. The predicted molar refractivity (Wildman–Crippen MR) is 108 cm³/mol. The van der Waals surface area contributed by atoms with E-state index in [1.165, 1.54) is 5.56 Å². The summed E-state index contributed by atoms with van der Waals surface area (Å²) in [6.07, 6.45) is 6.54. The van der Waals surface area contributed by atoms with Crippen molar-refractivity contribution < 1.29 is 14.3 Å². The summed E-state index contributed by atoms with van der Waals surface area (Å²) in [5, 5.41) is 3.20. The molecule has 0 radical (unpaired) electrons. The van der Waals surface area contributed by atoms with Crippen LogP contribution in [0, 0.1) is 0 Å². The standard InChI is InChI=1S/C23H27NO3/c1-17(2)27-20-12-10-18(16-21(20)26-3)11-13-22(25)24-23(14-7-15-23)19-8-5-4-6-9-19/h4-6,8-13,16-17H,7,14-15H2,1-3H3,(H,24,25)/b13-11+. The Labute approximate surface area is 161 Å². The third-order valence-corrected chi connectivity index (χ3v) is 4.87. The lowest BCUT2D eigenvalue weighted by Gasteiger charge is -2.42. The molecule has 2 aromatic carbocycles. The molecule has 0 atom stereocenters. The second-order valence-electron chi connectivity index (χ2n) is 7.20. The van der Waals surface area contributed by atoms with E-state index in [1.807, 2.05) is 50.2 Å². The fourth-order valence-electron chi connectivity index (χ4n) is 3.36. The highest BCUT2D eigenvalue weighted by atomic mass is 16.5. The van der Waals surface area contributed by atoms with Crippen LogP contribution in [-0.2, 0) is 10.3 Å². The van der Waals surface area contributed by atoms with E-state index in [-0.39, 0.29) is 17.6 Å². The monoisotopic (exact) mass is 365 g/mol. The van der Waals surface area contributed by atoms with Crippen LogP contribution in [0.2, 0.25) is 0 Å². The maximum absolute atomic E-state index is 12.5. The maximum atomic E-state index is 12.5. The number of rotatable bonds is 7. The van der Waals surface area contributed by atoms with Crippen LogP contribution < -0.4 is 14.8 Å². The van der Waals surface area contributed by atoms with Gasteiger partial charge in [-0.2, -0.15) is 0 Å². The lowest BCUT2D eigenvalue weighted by atomic mass is 9.72. The van der Waals surface area contributed by atoms with Gasteiger partial charge in [-0.3, -0.25) is 4.79 Å². The van der Waals surface area contributed by atoms with Crippen molar-refractivity contribution in [3.63, 3.8) is 0 Å². The van der Waals surface area contributed by atoms with Crippen molar-refractivity contribution in [1.29, 1.82) is 0 Å². The number of hydrogen-bond acceptors (Lipinski definition) is 3. The number of carbonyl (C=O) groups is 1. The van der Waals surface area contributed by atoms with Crippen LogP contribution in [-0.4, -0.2) is 19.1 Å². The van der Waals surface area contributed by atoms with Crippen LogP contribution in [0.1, 0.15) is 44.2 Å². The highest BCUT2D eigenvalue weighted by molar-refractivity contribution is 5.92. The molecule has 1 saturated carbocycles. The molecular weight excluding hydrogens is 338 g/mol. The quantitative estimate of drug-likeness (QED) is 0.724. The molecule has 2 aromatic rings. The van der Waals surface area contributed by atoms with Gasteiger partial charge in [-0.05, 0) is 62.4 Å². The number of nitrogens with one attached hydrogen (secondary N) is 1. The number of amides is 1. The van der Waals surface area contributed by atoms with Crippen LogP contribution in [0.15, 0.2) is 54.6 Å². The fraction of sp³-hybridized carbons (Fsp3) is 0.348. The summed E-state index contributed by atoms with van der Waals surface area (Å²) >= 11 is 0. The molecular formula is C23H27NO3. The molecule has 1 amide bonds. The first-order chi connectivity index (χ1) is 13.0. The zero-order valence-electron chi connectivity index (χ0n) is 16.2. The average Bonchev–Trinajstić information content (AvgIpc) is 2.64. The topological polar surface area (TPSA) is 47.6 Å². The molecule has 0 unspecified atom stereocenters. The van der Waals surface area contributed by atoms with Gasteiger partial charge >= 0.3 is 0 Å². The zero-order chi connectivity index (χ0) is 19.3. The third kappa shape index (κ3) is 4.51. The minimum absolute atomic E-state index is 0.0720. The van der Waals surface area contributed by atoms with Crippen LogP contribution >= 0.6 is 0 Å². The van der Waals surface area contributed by atoms with E-state index >= 15 is 0 Å². The Balaban J connectivity index is 1.69. The van der Waals surface area contributed by atoms with Crippen LogP contribution in [0.25, 0.3) is 6.08 Å². The molecule has 3 rings (SSSR count). The van der Waals surface area contributed by atoms with E-state index in [4.69, 9.17) is 9.47 Å². The molecule has 0 spiro atoms. The molecule has 4 heteroatoms. The van der Waals surface area contributed by atoms with E-state index in [2.05, 4.69) is 17.4 Å². The second kappa shape index (κ2) is 8.30. The minimum atomic E-state index is -0.227. The smallest absolute Gasteiger partial charge is 0.244 e. The van der Waals surface area contributed by atoms with Crippen molar-refractivity contribution in [3.05, 3.63) is 65.7 Å². The number of carbonyl (C=O) groups excluding carboxylic acids is 1. The van der Waals surface area contributed by atoms with Crippen LogP contribution in [0.4, 0.5) is 0 Å². The predicted octanol–water partition coefficient (Wildman–Crippen LogP) is 4.69. The van der Waals surface area contributed by atoms with E-state index in [0.717, 1.165) is 24.8 Å². The van der Waals surface area contributed by atoms with Gasteiger partial charge in [0.1, 0.15) is 0 Å². The van der Waals surface area contributed by atoms with Gasteiger partial charge < -0.3 is 14.8 Å². The van der Waals surface area contributed by atoms with E-state index < -0.39 is 0 Å². The first kappa shape index (κ1) is 19.0. The SMILES string of the molecule is COc1cc(/C=C/C(=O)NC2(c3ccccc3)CCC2)ccc1OC(C)C. The maximum Gasteiger partial charge on any atom is 0.244 e. The lowest BCUT2D eigenvalue weighted by molar-refractivity contribution is -0.119. The summed E-state index contributed by atoms with van der Waals surface area (Å²) in [6, 6.07) is 15.9. The Bertz CT molecular complexity index is 808. The largest absolute Gasteiger partial charge is 0.493 e. The van der Waals surface area contributed by atoms with Crippen molar-refractivity contribution >= 4 is 12.0 Å². The molecule has 0 heterocycles. The zero-order valence-corrected chi connectivity index (χ0v) is 16.2. The Morgan fingerprint density at radius 2 is 1.85 bits per heavy atom. The van der Waals surface area contributed by atoms with Crippen molar-refractivity contribution in [2.45, 2.75) is 44.8 Å². The summed E-state index contributed by atoms with van der Waals surface area (Å²) < 4.78 is 11.1. The first-order valence-corrected chi connectivity index (χ1v) is 9.43. The molecule has 0 aromatic heterocycles. The molecule has 1 fully saturated rings. The summed E-state index contributed by atoms with van der Waals surface area (Å²) in [7, 11) is 1.61. The molecule has 27 heavy (non-hydrogen) atoms. The van der Waals surface area contributed by atoms with Gasteiger partial charge in [-0.15, -0.1) is 0 Å². The van der Waals surface area contributed by atoms with E-state index in [9.17, 15) is 4.79 Å². The van der Waals surface area contributed by atoms with Crippen molar-refractivity contribution in [2.75, 3.05) is 7.11 Å². The van der Waals surface area contributed by atoms with Crippen molar-refractivity contribution in [3.8, 4) is 11.5 Å². The van der Waals surface area contributed by atoms with Crippen molar-refractivity contribution in [2.24, 2.45) is 0 Å². The summed E-state index contributed by atoms with van der Waals surface area (Å²) in [5.41, 5.74) is 1.84. The van der Waals surface area contributed by atoms with E-state index in [1.54, 1.807) is 19.3 Å². The van der Waals surface area contributed by atoms with Gasteiger partial charge in [0.2, 0.25) is 5.91 Å². The third-order valence-electron chi connectivity index (χ3n) is 4.87. The van der Waals surface area contributed by atoms with Gasteiger partial charge in [0.15, 0.2) is 11.5 Å². The summed E-state index contributed by atoms with van der Waals surface area (Å²) in [5.74, 6) is 1.28. The van der Waals surface area contributed by atoms with Gasteiger partial charge in [0.05, 0.1) is 18.8 Å². The molecule has 1 aliphatic carbocycles. The van der Waals surface area contributed by atoms with Crippen LogP contribution in [0.5, 0.6) is 11.5 Å². The molecule has 1 aliphatic rings. The van der Waals surface area contributed by atoms with E-state index in [0.29, 0.717) is 11.5 Å². The molecule has 0 bridgehead atoms. The Kier molecular flexibility index (Phi) is 5.84. The molecule has 0 saturated heterocycles. The Morgan fingerprint density at radius 3 is 2.44 bits per heavy atom. The number of benzene rings is 2. The molecule has 0 aliphatic heterocycles. The van der Waals surface area contributed by atoms with Gasteiger partial charge in [0.25, 0.3) is 0 Å². The first-order valence-electron chi connectivity index (χ1n) is 9.43. The van der Waals surface area contributed by atoms with Gasteiger partial charge in [-0.1, -0.05) is 36.4 Å². The highest BCUT2D eigenvalue weighted by Gasteiger charge is 2.39. The highest BCUT2D eigenvalue weighted by Crippen LogP contribution is 2.41. The Hall–Kier alpha value is -2.75. The fourth-order valence-corrected chi connectivity index (χ4v) is 3.36. The number of hydrogen-bond donors (Lipinski definition) is 1. The van der Waals surface area contributed by atoms with Gasteiger partial charge in [0, 0.05) is 6.08 Å². The lowest BCUT2D eigenvalue weighted by Crippen LogP contribution is -2.50. The number of ether oxygens (including phenoxy) is 2. The summed E-state index contributed by atoms with van der Waals surface area (Å²) in [6.45, 7) is 3.95. The molecule has 142 valence electrons. The number of methoxy groups -OCH3 is 1. The van der Waals surface area contributed by atoms with Gasteiger partial charge in [-0.25, -0.2) is 0 Å². The average molecular weight is 365 g/mol. The minimum Gasteiger partial charge on any atom is -0.493 e. The normalized spacial score (nSPS) is 15.4.